The van der Waals surface area contributed by atoms with Gasteiger partial charge in [-0.15, -0.1) is 0 Å². The van der Waals surface area contributed by atoms with Gasteiger partial charge in [0.05, 0.1) is 7.11 Å². The Morgan fingerprint density at radius 3 is 2.71 bits per heavy atom. The fourth-order valence-electron chi connectivity index (χ4n) is 1.86. The van der Waals surface area contributed by atoms with E-state index >= 15 is 0 Å². The van der Waals surface area contributed by atoms with Crippen LogP contribution in [-0.2, 0) is 4.74 Å². The van der Waals surface area contributed by atoms with Crippen molar-refractivity contribution in [2.24, 2.45) is 0 Å². The lowest BCUT2D eigenvalue weighted by Gasteiger charge is -2.16. The first kappa shape index (κ1) is 11.5. The normalized spacial score (nSPS) is 14.6. The van der Waals surface area contributed by atoms with Crippen LogP contribution >= 0.6 is 0 Å². The summed E-state index contributed by atoms with van der Waals surface area (Å²) < 4.78 is 4.61. The number of amides is 1. The molecule has 0 atom stereocenters. The molecule has 0 aliphatic heterocycles. The highest BCUT2D eigenvalue weighted by Gasteiger charge is 2.12. The Morgan fingerprint density at radius 2 is 2.00 bits per heavy atom. The second-order valence-electron chi connectivity index (χ2n) is 3.82. The van der Waals surface area contributed by atoms with Crippen LogP contribution in [0.1, 0.15) is 17.9 Å². The van der Waals surface area contributed by atoms with Gasteiger partial charge in [0.2, 0.25) is 0 Å². The number of para-hydroxylation sites is 1. The van der Waals surface area contributed by atoms with Crippen LogP contribution in [0.5, 0.6) is 0 Å². The van der Waals surface area contributed by atoms with Crippen LogP contribution in [0.4, 0.5) is 10.5 Å². The number of anilines is 1. The van der Waals surface area contributed by atoms with Crippen LogP contribution in [0.25, 0.3) is 0 Å². The van der Waals surface area contributed by atoms with E-state index in [0.717, 1.165) is 17.7 Å². The number of benzene rings is 1. The van der Waals surface area contributed by atoms with Gasteiger partial charge in [-0.1, -0.05) is 42.5 Å². The first-order valence-electron chi connectivity index (χ1n) is 5.58. The quantitative estimate of drug-likeness (QED) is 0.788. The molecule has 0 bridgehead atoms. The summed E-state index contributed by atoms with van der Waals surface area (Å²) in [6.07, 6.45) is 9.05. The fraction of sp³-hybridized carbons (Fsp3) is 0.214. The lowest BCUT2D eigenvalue weighted by molar-refractivity contribution is 0.187. The number of allylic oxidation sites excluding steroid dienone is 4. The smallest absolute Gasteiger partial charge is 0.411 e. The van der Waals surface area contributed by atoms with Crippen molar-refractivity contribution < 1.29 is 9.53 Å². The Balaban J connectivity index is 2.26. The Kier molecular flexibility index (Phi) is 3.60. The molecule has 0 unspecified atom stereocenters. The summed E-state index contributed by atoms with van der Waals surface area (Å²) in [5.41, 5.74) is 1.87. The van der Waals surface area contributed by atoms with Crippen molar-refractivity contribution in [2.45, 2.75) is 12.3 Å². The molecule has 1 aliphatic rings. The third-order valence-corrected chi connectivity index (χ3v) is 2.70. The van der Waals surface area contributed by atoms with E-state index in [9.17, 15) is 4.79 Å². The molecule has 17 heavy (non-hydrogen) atoms. The standard InChI is InChI=1S/C14H15NO2/c1-17-14(16)15-13-10-6-5-9-12(13)11-7-3-2-4-8-11/h3-11H,2H2,1H3,(H,15,16). The van der Waals surface area contributed by atoms with E-state index in [-0.39, 0.29) is 5.92 Å². The summed E-state index contributed by atoms with van der Waals surface area (Å²) in [5.74, 6) is 0.220. The average molecular weight is 229 g/mol. The van der Waals surface area contributed by atoms with Gasteiger partial charge in [0.15, 0.2) is 0 Å². The van der Waals surface area contributed by atoms with Crippen LogP contribution in [0, 0.1) is 0 Å². The number of rotatable bonds is 2. The van der Waals surface area contributed by atoms with Crippen LogP contribution in [0.15, 0.2) is 48.6 Å². The van der Waals surface area contributed by atoms with E-state index in [1.54, 1.807) is 0 Å². The maximum absolute atomic E-state index is 11.2. The van der Waals surface area contributed by atoms with Gasteiger partial charge < -0.3 is 4.74 Å². The second kappa shape index (κ2) is 5.34. The van der Waals surface area contributed by atoms with Crippen molar-refractivity contribution in [1.82, 2.24) is 0 Å². The van der Waals surface area contributed by atoms with Crippen molar-refractivity contribution >= 4 is 11.8 Å². The van der Waals surface area contributed by atoms with E-state index in [2.05, 4.69) is 34.4 Å². The van der Waals surface area contributed by atoms with Crippen molar-refractivity contribution in [3.8, 4) is 0 Å². The van der Waals surface area contributed by atoms with E-state index in [1.807, 2.05) is 24.3 Å². The number of hydrogen-bond donors (Lipinski definition) is 1. The van der Waals surface area contributed by atoms with Crippen LogP contribution in [-0.4, -0.2) is 13.2 Å². The van der Waals surface area contributed by atoms with Crippen LogP contribution < -0.4 is 5.32 Å². The summed E-state index contributed by atoms with van der Waals surface area (Å²) in [4.78, 5) is 11.2. The average Bonchev–Trinajstić information content (AvgIpc) is 2.40. The number of ether oxygens (including phenoxy) is 1. The van der Waals surface area contributed by atoms with Gasteiger partial charge in [0.1, 0.15) is 0 Å². The van der Waals surface area contributed by atoms with Crippen LogP contribution in [0.3, 0.4) is 0 Å². The van der Waals surface area contributed by atoms with Crippen LogP contribution in [0.2, 0.25) is 0 Å². The molecule has 1 amide bonds. The summed E-state index contributed by atoms with van der Waals surface area (Å²) in [7, 11) is 1.36. The van der Waals surface area contributed by atoms with E-state index in [0.29, 0.717) is 0 Å². The zero-order valence-electron chi connectivity index (χ0n) is 9.72. The highest BCUT2D eigenvalue weighted by molar-refractivity contribution is 5.85. The minimum absolute atomic E-state index is 0.220. The first-order chi connectivity index (χ1) is 8.31. The highest BCUT2D eigenvalue weighted by Crippen LogP contribution is 2.28. The largest absolute Gasteiger partial charge is 0.453 e. The summed E-state index contributed by atoms with van der Waals surface area (Å²) in [5, 5.41) is 2.73. The van der Waals surface area contributed by atoms with Gasteiger partial charge >= 0.3 is 6.09 Å². The van der Waals surface area contributed by atoms with Gasteiger partial charge in [0, 0.05) is 11.6 Å². The maximum Gasteiger partial charge on any atom is 0.411 e. The molecular formula is C14H15NO2. The molecule has 0 heterocycles. The molecule has 88 valence electrons. The molecule has 0 saturated heterocycles. The predicted molar refractivity (Wildman–Crippen MR) is 68.1 cm³/mol. The van der Waals surface area contributed by atoms with E-state index in [1.165, 1.54) is 7.11 Å². The monoisotopic (exact) mass is 229 g/mol. The molecule has 0 spiro atoms. The van der Waals surface area contributed by atoms with E-state index < -0.39 is 6.09 Å². The molecule has 1 aromatic rings. The zero-order chi connectivity index (χ0) is 12.1. The Labute approximate surface area is 101 Å². The molecule has 0 aromatic heterocycles. The highest BCUT2D eigenvalue weighted by atomic mass is 16.5. The molecule has 3 heteroatoms. The third-order valence-electron chi connectivity index (χ3n) is 2.70. The third kappa shape index (κ3) is 2.75. The lowest BCUT2D eigenvalue weighted by Crippen LogP contribution is -2.13. The first-order valence-corrected chi connectivity index (χ1v) is 5.58. The molecule has 0 saturated carbocycles. The minimum Gasteiger partial charge on any atom is -0.453 e. The van der Waals surface area contributed by atoms with Gasteiger partial charge in [0.25, 0.3) is 0 Å². The van der Waals surface area contributed by atoms with Crippen molar-refractivity contribution in [3.05, 3.63) is 54.1 Å². The zero-order valence-corrected chi connectivity index (χ0v) is 9.72. The number of hydrogen-bond acceptors (Lipinski definition) is 2. The number of carbonyl (C=O) groups excluding carboxylic acids is 1. The summed E-state index contributed by atoms with van der Waals surface area (Å²) in [6, 6.07) is 7.75. The maximum atomic E-state index is 11.2. The molecule has 0 fully saturated rings. The van der Waals surface area contributed by atoms with Crippen molar-refractivity contribution in [2.75, 3.05) is 12.4 Å². The molecule has 0 radical (unpaired) electrons. The van der Waals surface area contributed by atoms with Crippen molar-refractivity contribution in [3.63, 3.8) is 0 Å². The van der Waals surface area contributed by atoms with Crippen molar-refractivity contribution in [1.29, 1.82) is 0 Å². The number of nitrogens with one attached hydrogen (secondary N) is 1. The summed E-state index contributed by atoms with van der Waals surface area (Å²) in [6.45, 7) is 0. The van der Waals surface area contributed by atoms with Gasteiger partial charge in [-0.2, -0.15) is 0 Å². The minimum atomic E-state index is -0.443. The Morgan fingerprint density at radius 1 is 1.29 bits per heavy atom. The predicted octanol–water partition coefficient (Wildman–Crippen LogP) is 3.46. The Hall–Kier alpha value is -2.03. The lowest BCUT2D eigenvalue weighted by atomic mass is 9.93. The fourth-order valence-corrected chi connectivity index (χ4v) is 1.86. The summed E-state index contributed by atoms with van der Waals surface area (Å²) >= 11 is 0. The van der Waals surface area contributed by atoms with Gasteiger partial charge in [-0.3, -0.25) is 5.32 Å². The molecular weight excluding hydrogens is 214 g/mol. The molecule has 1 aliphatic carbocycles. The number of carbonyl (C=O) groups is 1. The van der Waals surface area contributed by atoms with Gasteiger partial charge in [-0.25, -0.2) is 4.79 Å². The SMILES string of the molecule is COC(=O)Nc1ccccc1C1C=CCC=C1. The second-order valence-corrected chi connectivity index (χ2v) is 3.82. The molecule has 1 aromatic carbocycles. The van der Waals surface area contributed by atoms with E-state index in [4.69, 9.17) is 0 Å². The molecule has 3 nitrogen and oxygen atoms in total. The topological polar surface area (TPSA) is 38.3 Å². The Bertz CT molecular complexity index is 451. The number of methoxy groups -OCH3 is 1. The molecule has 1 N–H and O–H groups in total. The van der Waals surface area contributed by atoms with Gasteiger partial charge in [-0.05, 0) is 18.1 Å². The molecule has 2 rings (SSSR count).